The normalized spacial score (nSPS) is 16.1. The highest BCUT2D eigenvalue weighted by Crippen LogP contribution is 2.35. The Morgan fingerprint density at radius 2 is 2.09 bits per heavy atom. The van der Waals surface area contributed by atoms with Gasteiger partial charge in [-0.05, 0) is 37.3 Å². The number of nitrogens with one attached hydrogen (secondary N) is 1. The maximum atomic E-state index is 12.4. The smallest absolute Gasteiger partial charge is 0.275 e. The van der Waals surface area contributed by atoms with Gasteiger partial charge in [-0.15, -0.1) is 0 Å². The third kappa shape index (κ3) is 2.53. The monoisotopic (exact) mass is 326 g/mol. The van der Waals surface area contributed by atoms with Gasteiger partial charge in [0.25, 0.3) is 5.91 Å². The van der Waals surface area contributed by atoms with E-state index in [-0.39, 0.29) is 5.91 Å². The van der Waals surface area contributed by atoms with Crippen LogP contribution in [0.25, 0.3) is 10.9 Å². The van der Waals surface area contributed by atoms with Crippen molar-refractivity contribution in [2.24, 2.45) is 0 Å². The van der Waals surface area contributed by atoms with Crippen LogP contribution in [-0.4, -0.2) is 37.6 Å². The SMILES string of the molecule is Cc1[nH]c2ccccc2c1C1CCN(C(=O)c2cnsn2)CC1. The minimum atomic E-state index is 0.00727. The minimum absolute atomic E-state index is 0.00727. The second-order valence-corrected chi connectivity index (χ2v) is 6.63. The van der Waals surface area contributed by atoms with Gasteiger partial charge in [-0.2, -0.15) is 8.75 Å². The summed E-state index contributed by atoms with van der Waals surface area (Å²) >= 11 is 1.08. The number of carbonyl (C=O) groups is 1. The van der Waals surface area contributed by atoms with E-state index in [0.29, 0.717) is 11.6 Å². The highest BCUT2D eigenvalue weighted by molar-refractivity contribution is 6.99. The van der Waals surface area contributed by atoms with E-state index in [1.54, 1.807) is 6.20 Å². The van der Waals surface area contributed by atoms with E-state index in [0.717, 1.165) is 37.7 Å². The van der Waals surface area contributed by atoms with Crippen molar-refractivity contribution in [3.8, 4) is 0 Å². The maximum absolute atomic E-state index is 12.4. The Bertz CT molecular complexity index is 832. The summed E-state index contributed by atoms with van der Waals surface area (Å²) in [6.45, 7) is 3.70. The van der Waals surface area contributed by atoms with Crippen LogP contribution in [0.3, 0.4) is 0 Å². The minimum Gasteiger partial charge on any atom is -0.358 e. The molecule has 0 aliphatic carbocycles. The molecule has 1 saturated heterocycles. The topological polar surface area (TPSA) is 61.9 Å². The summed E-state index contributed by atoms with van der Waals surface area (Å²) in [5.74, 6) is 0.511. The van der Waals surface area contributed by atoms with Crippen LogP contribution < -0.4 is 0 Å². The van der Waals surface area contributed by atoms with Crippen LogP contribution in [0.5, 0.6) is 0 Å². The van der Waals surface area contributed by atoms with Crippen molar-refractivity contribution in [3.05, 3.63) is 47.4 Å². The van der Waals surface area contributed by atoms with Gasteiger partial charge in [0.05, 0.1) is 17.9 Å². The molecule has 2 aromatic heterocycles. The highest BCUT2D eigenvalue weighted by atomic mass is 32.1. The summed E-state index contributed by atoms with van der Waals surface area (Å²) in [4.78, 5) is 17.7. The van der Waals surface area contributed by atoms with Crippen molar-refractivity contribution < 1.29 is 4.79 Å². The van der Waals surface area contributed by atoms with Gasteiger partial charge < -0.3 is 9.88 Å². The average Bonchev–Trinajstić information content (AvgIpc) is 3.21. The molecule has 23 heavy (non-hydrogen) atoms. The fraction of sp³-hybridized carbons (Fsp3) is 0.353. The lowest BCUT2D eigenvalue weighted by atomic mass is 9.87. The molecule has 3 heterocycles. The molecule has 1 N–H and O–H groups in total. The lowest BCUT2D eigenvalue weighted by molar-refractivity contribution is 0.0708. The number of hydrogen-bond acceptors (Lipinski definition) is 4. The van der Waals surface area contributed by atoms with Crippen LogP contribution in [0.15, 0.2) is 30.5 Å². The Kier molecular flexibility index (Phi) is 3.61. The van der Waals surface area contributed by atoms with E-state index in [9.17, 15) is 4.79 Å². The van der Waals surface area contributed by atoms with Crippen molar-refractivity contribution in [1.82, 2.24) is 18.6 Å². The number of benzene rings is 1. The Morgan fingerprint density at radius 1 is 1.30 bits per heavy atom. The van der Waals surface area contributed by atoms with Crippen molar-refractivity contribution in [2.45, 2.75) is 25.7 Å². The zero-order valence-corrected chi connectivity index (χ0v) is 13.8. The van der Waals surface area contributed by atoms with Crippen molar-refractivity contribution in [2.75, 3.05) is 13.1 Å². The number of amides is 1. The second kappa shape index (κ2) is 5.77. The fourth-order valence-corrected chi connectivity index (χ4v) is 4.02. The van der Waals surface area contributed by atoms with Crippen LogP contribution in [0.2, 0.25) is 0 Å². The van der Waals surface area contributed by atoms with Gasteiger partial charge in [-0.3, -0.25) is 4.79 Å². The predicted molar refractivity (Wildman–Crippen MR) is 90.8 cm³/mol. The van der Waals surface area contributed by atoms with Crippen molar-refractivity contribution in [3.63, 3.8) is 0 Å². The van der Waals surface area contributed by atoms with Crippen LogP contribution >= 0.6 is 11.7 Å². The number of likely N-dealkylation sites (tertiary alicyclic amines) is 1. The molecule has 0 spiro atoms. The molecule has 0 radical (unpaired) electrons. The van der Waals surface area contributed by atoms with Crippen molar-refractivity contribution in [1.29, 1.82) is 0 Å². The number of fused-ring (bicyclic) bond motifs is 1. The lowest BCUT2D eigenvalue weighted by Crippen LogP contribution is -2.38. The summed E-state index contributed by atoms with van der Waals surface area (Å²) in [5, 5.41) is 1.32. The number of aromatic amines is 1. The van der Waals surface area contributed by atoms with Gasteiger partial charge in [0.2, 0.25) is 0 Å². The number of H-pyrrole nitrogens is 1. The number of nitrogens with zero attached hydrogens (tertiary/aromatic N) is 3. The molecule has 1 fully saturated rings. The Labute approximate surface area is 138 Å². The van der Waals surface area contributed by atoms with Gasteiger partial charge in [0.1, 0.15) is 0 Å². The fourth-order valence-electron chi connectivity index (χ4n) is 3.62. The zero-order chi connectivity index (χ0) is 15.8. The molecule has 0 atom stereocenters. The van der Waals surface area contributed by atoms with Gasteiger partial charge in [-0.1, -0.05) is 18.2 Å². The molecule has 4 rings (SSSR count). The first kappa shape index (κ1) is 14.4. The quantitative estimate of drug-likeness (QED) is 0.785. The van der Waals surface area contributed by atoms with Gasteiger partial charge in [0.15, 0.2) is 5.69 Å². The largest absolute Gasteiger partial charge is 0.358 e. The number of rotatable bonds is 2. The molecule has 1 aromatic carbocycles. The van der Waals surface area contributed by atoms with E-state index < -0.39 is 0 Å². The first-order valence-electron chi connectivity index (χ1n) is 7.88. The molecule has 1 amide bonds. The number of aryl methyl sites for hydroxylation is 1. The van der Waals surface area contributed by atoms with E-state index in [2.05, 4.69) is 44.9 Å². The third-order valence-corrected chi connectivity index (χ3v) is 5.19. The molecule has 5 nitrogen and oxygen atoms in total. The molecule has 0 saturated carbocycles. The number of carbonyl (C=O) groups excluding carboxylic acids is 1. The van der Waals surface area contributed by atoms with Gasteiger partial charge in [0, 0.05) is 29.7 Å². The summed E-state index contributed by atoms with van der Waals surface area (Å²) in [6.07, 6.45) is 3.54. The number of aromatic nitrogens is 3. The zero-order valence-electron chi connectivity index (χ0n) is 13.0. The Balaban J connectivity index is 1.53. The average molecular weight is 326 g/mol. The van der Waals surface area contributed by atoms with E-state index in [4.69, 9.17) is 0 Å². The van der Waals surface area contributed by atoms with Crippen LogP contribution in [0, 0.1) is 6.92 Å². The van der Waals surface area contributed by atoms with E-state index in [1.807, 2.05) is 4.90 Å². The standard InChI is InChI=1S/C17H18N4OS/c1-11-16(13-4-2-3-5-14(13)19-11)12-6-8-21(9-7-12)17(22)15-10-18-23-20-15/h2-5,10,12,19H,6-9H2,1H3. The molecule has 1 aliphatic heterocycles. The third-order valence-electron chi connectivity index (χ3n) is 4.71. The molecule has 0 unspecified atom stereocenters. The molecular formula is C17H18N4OS. The highest BCUT2D eigenvalue weighted by Gasteiger charge is 2.28. The van der Waals surface area contributed by atoms with Crippen LogP contribution in [0.4, 0.5) is 0 Å². The van der Waals surface area contributed by atoms with Gasteiger partial charge >= 0.3 is 0 Å². The maximum Gasteiger partial charge on any atom is 0.275 e. The summed E-state index contributed by atoms with van der Waals surface area (Å²) in [6, 6.07) is 8.46. The number of hydrogen-bond donors (Lipinski definition) is 1. The molecular weight excluding hydrogens is 308 g/mol. The van der Waals surface area contributed by atoms with E-state index >= 15 is 0 Å². The first-order chi connectivity index (χ1) is 11.2. The molecule has 6 heteroatoms. The summed E-state index contributed by atoms with van der Waals surface area (Å²) < 4.78 is 7.97. The van der Waals surface area contributed by atoms with Crippen LogP contribution in [0.1, 0.15) is 40.5 Å². The summed E-state index contributed by atoms with van der Waals surface area (Å²) in [7, 11) is 0. The Morgan fingerprint density at radius 3 is 2.83 bits per heavy atom. The number of piperidine rings is 1. The number of para-hydroxylation sites is 1. The first-order valence-corrected chi connectivity index (χ1v) is 8.61. The second-order valence-electron chi connectivity index (χ2n) is 6.07. The summed E-state index contributed by atoms with van der Waals surface area (Å²) in [5.41, 5.74) is 4.34. The van der Waals surface area contributed by atoms with Crippen molar-refractivity contribution >= 4 is 28.5 Å². The van der Waals surface area contributed by atoms with Crippen LogP contribution in [-0.2, 0) is 0 Å². The molecule has 118 valence electrons. The molecule has 1 aliphatic rings. The van der Waals surface area contributed by atoms with E-state index in [1.165, 1.54) is 22.2 Å². The molecule has 3 aromatic rings. The molecule has 0 bridgehead atoms. The lowest BCUT2D eigenvalue weighted by Gasteiger charge is -2.32. The Hall–Kier alpha value is -2.21. The van der Waals surface area contributed by atoms with Gasteiger partial charge in [-0.25, -0.2) is 0 Å². The predicted octanol–water partition coefficient (Wildman–Crippen LogP) is 3.35.